The lowest BCUT2D eigenvalue weighted by Crippen LogP contribution is -2.13. The van der Waals surface area contributed by atoms with E-state index in [1.165, 1.54) is 16.2 Å². The second-order valence-corrected chi connectivity index (χ2v) is 13.8. The molecule has 0 spiro atoms. The number of fused-ring (bicyclic) bond motifs is 9. The number of furan rings is 2. The first-order chi connectivity index (χ1) is 26.8. The van der Waals surface area contributed by atoms with E-state index < -0.39 is 0 Å². The number of nitrogens with zero attached hydrogens (tertiary/aromatic N) is 2. The van der Waals surface area contributed by atoms with Gasteiger partial charge in [0.2, 0.25) is 0 Å². The summed E-state index contributed by atoms with van der Waals surface area (Å²) in [5, 5.41) is 9.10. The molecule has 0 unspecified atom stereocenters. The van der Waals surface area contributed by atoms with Crippen molar-refractivity contribution in [2.45, 2.75) is 0 Å². The van der Waals surface area contributed by atoms with Gasteiger partial charge in [0, 0.05) is 50.0 Å². The van der Waals surface area contributed by atoms with Crippen molar-refractivity contribution < 1.29 is 8.83 Å². The summed E-state index contributed by atoms with van der Waals surface area (Å²) in [6, 6.07) is 68.5. The van der Waals surface area contributed by atoms with Gasteiger partial charge in [-0.15, -0.1) is 0 Å². The zero-order valence-electron chi connectivity index (χ0n) is 29.2. The summed E-state index contributed by atoms with van der Waals surface area (Å²) in [6.07, 6.45) is 0. The Kier molecular flexibility index (Phi) is 6.82. The molecule has 4 nitrogen and oxygen atoms in total. The average molecular weight is 693 g/mol. The molecule has 0 saturated heterocycles. The van der Waals surface area contributed by atoms with Gasteiger partial charge in [-0.2, -0.15) is 0 Å². The highest BCUT2D eigenvalue weighted by molar-refractivity contribution is 6.17. The average Bonchev–Trinajstić information content (AvgIpc) is 3.80. The van der Waals surface area contributed by atoms with Gasteiger partial charge in [-0.05, 0) is 106 Å². The fourth-order valence-electron chi connectivity index (χ4n) is 8.11. The standard InChI is InChI=1S/C50H32N2O2/c1-3-13-35(14-4-1)51(36-15-5-2-6-16-36)37-17-11-18-38(30-37)52(46-22-12-21-42-40-19-7-10-24-48(40)54-50(42)46)39-28-27-33-25-26-34-29-49-45(32-44(34)43(33)31-39)41-20-8-9-23-47(41)53-49/h1-32H. The van der Waals surface area contributed by atoms with E-state index in [0.29, 0.717) is 0 Å². The van der Waals surface area contributed by atoms with Crippen LogP contribution in [-0.2, 0) is 0 Å². The second-order valence-electron chi connectivity index (χ2n) is 13.8. The lowest BCUT2D eigenvalue weighted by molar-refractivity contribution is 0.669. The molecule has 54 heavy (non-hydrogen) atoms. The Bertz CT molecular complexity index is 3140. The Balaban J connectivity index is 1.17. The number of benzene rings is 9. The first kappa shape index (κ1) is 30.3. The van der Waals surface area contributed by atoms with Gasteiger partial charge < -0.3 is 18.6 Å². The van der Waals surface area contributed by atoms with Crippen LogP contribution < -0.4 is 9.80 Å². The van der Waals surface area contributed by atoms with Gasteiger partial charge in [-0.1, -0.05) is 109 Å². The summed E-state index contributed by atoms with van der Waals surface area (Å²) in [4.78, 5) is 4.64. The lowest BCUT2D eigenvalue weighted by atomic mass is 9.98. The minimum atomic E-state index is 0.844. The van der Waals surface area contributed by atoms with E-state index >= 15 is 0 Å². The number of hydrogen-bond acceptors (Lipinski definition) is 4. The van der Waals surface area contributed by atoms with Crippen LogP contribution in [0.2, 0.25) is 0 Å². The van der Waals surface area contributed by atoms with Crippen LogP contribution in [0, 0.1) is 0 Å². The van der Waals surface area contributed by atoms with Gasteiger partial charge in [-0.3, -0.25) is 0 Å². The number of rotatable bonds is 6. The maximum Gasteiger partial charge on any atom is 0.159 e. The Morgan fingerprint density at radius 3 is 1.57 bits per heavy atom. The van der Waals surface area contributed by atoms with E-state index in [-0.39, 0.29) is 0 Å². The molecule has 9 aromatic carbocycles. The number of anilines is 6. The van der Waals surface area contributed by atoms with Gasteiger partial charge in [0.05, 0.1) is 5.69 Å². The molecule has 4 heteroatoms. The molecule has 2 heterocycles. The maximum absolute atomic E-state index is 6.70. The molecule has 0 atom stereocenters. The monoisotopic (exact) mass is 692 g/mol. The molecule has 0 bridgehead atoms. The summed E-state index contributed by atoms with van der Waals surface area (Å²) in [7, 11) is 0. The van der Waals surface area contributed by atoms with Crippen LogP contribution in [0.15, 0.2) is 203 Å². The molecular formula is C50H32N2O2. The third-order valence-electron chi connectivity index (χ3n) is 10.6. The molecule has 2 aromatic heterocycles. The smallest absolute Gasteiger partial charge is 0.159 e. The van der Waals surface area contributed by atoms with Crippen molar-refractivity contribution in [2.75, 3.05) is 9.80 Å². The first-order valence-electron chi connectivity index (χ1n) is 18.3. The molecule has 11 aromatic rings. The van der Waals surface area contributed by atoms with E-state index in [1.54, 1.807) is 0 Å². The molecule has 11 rings (SSSR count). The van der Waals surface area contributed by atoms with Gasteiger partial charge in [-0.25, -0.2) is 0 Å². The van der Waals surface area contributed by atoms with E-state index in [0.717, 1.165) is 83.4 Å². The van der Waals surface area contributed by atoms with Crippen LogP contribution in [0.1, 0.15) is 0 Å². The Labute approximate surface area is 311 Å². The van der Waals surface area contributed by atoms with Crippen molar-refractivity contribution >= 4 is 99.5 Å². The van der Waals surface area contributed by atoms with Crippen molar-refractivity contribution in [1.82, 2.24) is 0 Å². The Morgan fingerprint density at radius 2 is 0.815 bits per heavy atom. The summed E-state index contributed by atoms with van der Waals surface area (Å²) in [5.74, 6) is 0. The van der Waals surface area contributed by atoms with E-state index in [1.807, 2.05) is 24.3 Å². The van der Waals surface area contributed by atoms with Crippen LogP contribution in [0.5, 0.6) is 0 Å². The molecule has 0 amide bonds. The minimum absolute atomic E-state index is 0.844. The molecule has 0 fully saturated rings. The summed E-state index contributed by atoms with van der Waals surface area (Å²) >= 11 is 0. The highest BCUT2D eigenvalue weighted by Gasteiger charge is 2.22. The van der Waals surface area contributed by atoms with Crippen molar-refractivity contribution in [3.8, 4) is 0 Å². The normalized spacial score (nSPS) is 11.7. The highest BCUT2D eigenvalue weighted by atomic mass is 16.3. The van der Waals surface area contributed by atoms with Gasteiger partial charge >= 0.3 is 0 Å². The van der Waals surface area contributed by atoms with Crippen LogP contribution in [0.4, 0.5) is 34.1 Å². The third-order valence-corrected chi connectivity index (χ3v) is 10.6. The first-order valence-corrected chi connectivity index (χ1v) is 18.3. The molecule has 0 aliphatic heterocycles. The van der Waals surface area contributed by atoms with E-state index in [4.69, 9.17) is 8.83 Å². The van der Waals surface area contributed by atoms with E-state index in [2.05, 4.69) is 180 Å². The molecular weight excluding hydrogens is 661 g/mol. The second kappa shape index (κ2) is 12.1. The largest absolute Gasteiger partial charge is 0.456 e. The van der Waals surface area contributed by atoms with Gasteiger partial charge in [0.25, 0.3) is 0 Å². The Morgan fingerprint density at radius 1 is 0.278 bits per heavy atom. The predicted molar refractivity (Wildman–Crippen MR) is 225 cm³/mol. The molecule has 0 aliphatic carbocycles. The van der Waals surface area contributed by atoms with Gasteiger partial charge in [0.15, 0.2) is 5.58 Å². The minimum Gasteiger partial charge on any atom is -0.456 e. The summed E-state index contributed by atoms with van der Waals surface area (Å²) in [5.41, 5.74) is 9.74. The quantitative estimate of drug-likeness (QED) is 0.162. The molecule has 254 valence electrons. The fraction of sp³-hybridized carbons (Fsp3) is 0. The molecule has 0 saturated carbocycles. The summed E-state index contributed by atoms with van der Waals surface area (Å²) < 4.78 is 13.0. The SMILES string of the molecule is c1ccc(N(c2ccccc2)c2cccc(N(c3ccc4ccc5cc6oc7ccccc7c6cc5c4c3)c3cccc4c3oc3ccccc34)c2)cc1. The topological polar surface area (TPSA) is 32.8 Å². The van der Waals surface area contributed by atoms with Crippen molar-refractivity contribution in [3.63, 3.8) is 0 Å². The highest BCUT2D eigenvalue weighted by Crippen LogP contribution is 2.45. The Hall–Kier alpha value is -7.30. The number of para-hydroxylation sites is 5. The van der Waals surface area contributed by atoms with Crippen molar-refractivity contribution in [3.05, 3.63) is 194 Å². The van der Waals surface area contributed by atoms with Crippen LogP contribution in [-0.4, -0.2) is 0 Å². The molecule has 0 N–H and O–H groups in total. The van der Waals surface area contributed by atoms with Crippen molar-refractivity contribution in [2.24, 2.45) is 0 Å². The third kappa shape index (κ3) is 4.85. The number of hydrogen-bond donors (Lipinski definition) is 0. The predicted octanol–water partition coefficient (Wildman–Crippen LogP) is 14.7. The van der Waals surface area contributed by atoms with Crippen molar-refractivity contribution in [1.29, 1.82) is 0 Å². The zero-order valence-corrected chi connectivity index (χ0v) is 29.2. The molecule has 0 radical (unpaired) electrons. The molecule has 0 aliphatic rings. The summed E-state index contributed by atoms with van der Waals surface area (Å²) in [6.45, 7) is 0. The van der Waals surface area contributed by atoms with E-state index in [9.17, 15) is 0 Å². The zero-order chi connectivity index (χ0) is 35.6. The maximum atomic E-state index is 6.70. The fourth-order valence-corrected chi connectivity index (χ4v) is 8.11. The van der Waals surface area contributed by atoms with Crippen LogP contribution in [0.25, 0.3) is 65.4 Å². The lowest BCUT2D eigenvalue weighted by Gasteiger charge is -2.29. The van der Waals surface area contributed by atoms with Crippen LogP contribution in [0.3, 0.4) is 0 Å². The van der Waals surface area contributed by atoms with Crippen LogP contribution >= 0.6 is 0 Å². The van der Waals surface area contributed by atoms with Gasteiger partial charge in [0.1, 0.15) is 16.7 Å².